The molecule has 0 bridgehead atoms. The van der Waals surface area contributed by atoms with Crippen LogP contribution in [0.1, 0.15) is 10.5 Å². The van der Waals surface area contributed by atoms with Crippen molar-refractivity contribution in [3.05, 3.63) is 60.3 Å². The van der Waals surface area contributed by atoms with E-state index in [0.29, 0.717) is 11.3 Å². The largest absolute Gasteiger partial charge is 0.495 e. The van der Waals surface area contributed by atoms with Crippen molar-refractivity contribution < 1.29 is 17.9 Å². The average molecular weight is 345 g/mol. The minimum atomic E-state index is -3.83. The Balaban J connectivity index is 1.78. The lowest BCUT2D eigenvalue weighted by Crippen LogP contribution is -2.41. The summed E-state index contributed by atoms with van der Waals surface area (Å²) in [5.41, 5.74) is 3.06. The SMILES string of the molecule is COc1cccc2cc(C(=O)NNS(=O)(=O)c3ccccc3)[nH]c12. The van der Waals surface area contributed by atoms with Crippen LogP contribution in [0.2, 0.25) is 0 Å². The lowest BCUT2D eigenvalue weighted by molar-refractivity contribution is 0.0941. The summed E-state index contributed by atoms with van der Waals surface area (Å²) in [5.74, 6) is -0.0100. The number of ether oxygens (including phenoxy) is 1. The van der Waals surface area contributed by atoms with Crippen molar-refractivity contribution in [1.82, 2.24) is 15.2 Å². The Bertz CT molecular complexity index is 981. The lowest BCUT2D eigenvalue weighted by atomic mass is 10.2. The summed E-state index contributed by atoms with van der Waals surface area (Å²) < 4.78 is 29.4. The number of amides is 1. The molecule has 124 valence electrons. The van der Waals surface area contributed by atoms with Gasteiger partial charge >= 0.3 is 0 Å². The summed E-state index contributed by atoms with van der Waals surface area (Å²) in [5, 5.41) is 0.783. The van der Waals surface area contributed by atoms with E-state index < -0.39 is 15.9 Å². The number of methoxy groups -OCH3 is 1. The molecule has 24 heavy (non-hydrogen) atoms. The molecule has 3 aromatic rings. The Morgan fingerprint density at radius 1 is 1.08 bits per heavy atom. The highest BCUT2D eigenvalue weighted by Gasteiger charge is 2.17. The molecule has 0 spiro atoms. The van der Waals surface area contributed by atoms with E-state index in [1.165, 1.54) is 19.2 Å². The van der Waals surface area contributed by atoms with E-state index in [2.05, 4.69) is 15.2 Å². The van der Waals surface area contributed by atoms with Crippen LogP contribution in [-0.2, 0) is 10.0 Å². The summed E-state index contributed by atoms with van der Waals surface area (Å²) in [6, 6.07) is 14.8. The topological polar surface area (TPSA) is 100 Å². The number of para-hydroxylation sites is 1. The van der Waals surface area contributed by atoms with Gasteiger partial charge < -0.3 is 9.72 Å². The van der Waals surface area contributed by atoms with E-state index in [1.807, 2.05) is 6.07 Å². The van der Waals surface area contributed by atoms with Gasteiger partial charge in [-0.25, -0.2) is 8.42 Å². The molecule has 0 fully saturated rings. The Labute approximate surface area is 138 Å². The molecule has 1 amide bonds. The van der Waals surface area contributed by atoms with Gasteiger partial charge in [0.15, 0.2) is 0 Å². The van der Waals surface area contributed by atoms with Crippen molar-refractivity contribution in [3.63, 3.8) is 0 Å². The van der Waals surface area contributed by atoms with Crippen LogP contribution in [0, 0.1) is 0 Å². The molecule has 3 N–H and O–H groups in total. The van der Waals surface area contributed by atoms with Crippen LogP contribution in [0.3, 0.4) is 0 Å². The molecule has 0 aliphatic carbocycles. The van der Waals surface area contributed by atoms with E-state index >= 15 is 0 Å². The van der Waals surface area contributed by atoms with E-state index in [1.54, 1.807) is 36.4 Å². The maximum absolute atomic E-state index is 12.2. The number of rotatable bonds is 5. The fourth-order valence-corrected chi connectivity index (χ4v) is 3.12. The Morgan fingerprint density at radius 2 is 1.83 bits per heavy atom. The van der Waals surface area contributed by atoms with Gasteiger partial charge in [0.2, 0.25) is 0 Å². The van der Waals surface area contributed by atoms with Gasteiger partial charge in [0.1, 0.15) is 11.4 Å². The van der Waals surface area contributed by atoms with Gasteiger partial charge in [-0.3, -0.25) is 10.2 Å². The number of aromatic nitrogens is 1. The Kier molecular flexibility index (Phi) is 4.24. The van der Waals surface area contributed by atoms with Crippen molar-refractivity contribution in [2.75, 3.05) is 7.11 Å². The molecular weight excluding hydrogens is 330 g/mol. The monoisotopic (exact) mass is 345 g/mol. The highest BCUT2D eigenvalue weighted by molar-refractivity contribution is 7.89. The molecule has 0 radical (unpaired) electrons. The lowest BCUT2D eigenvalue weighted by Gasteiger charge is -2.07. The zero-order chi connectivity index (χ0) is 17.2. The van der Waals surface area contributed by atoms with Crippen LogP contribution < -0.4 is 15.0 Å². The number of carbonyl (C=O) groups excluding carboxylic acids is 1. The molecular formula is C16H15N3O4S. The van der Waals surface area contributed by atoms with E-state index in [9.17, 15) is 13.2 Å². The van der Waals surface area contributed by atoms with Gasteiger partial charge in [-0.05, 0) is 24.3 Å². The second kappa shape index (κ2) is 6.34. The first-order valence-electron chi connectivity index (χ1n) is 7.04. The summed E-state index contributed by atoms with van der Waals surface area (Å²) in [6.07, 6.45) is 0. The smallest absolute Gasteiger partial charge is 0.282 e. The number of hydrogen-bond donors (Lipinski definition) is 3. The number of hydrogen-bond acceptors (Lipinski definition) is 4. The molecule has 7 nitrogen and oxygen atoms in total. The maximum atomic E-state index is 12.2. The number of aromatic amines is 1. The summed E-state index contributed by atoms with van der Waals surface area (Å²) >= 11 is 0. The van der Waals surface area contributed by atoms with Crippen LogP contribution in [-0.4, -0.2) is 26.4 Å². The zero-order valence-electron chi connectivity index (χ0n) is 12.7. The summed E-state index contributed by atoms with van der Waals surface area (Å²) in [4.78, 5) is 17.2. The van der Waals surface area contributed by atoms with Crippen LogP contribution in [0.5, 0.6) is 5.75 Å². The number of carbonyl (C=O) groups is 1. The fourth-order valence-electron chi connectivity index (χ4n) is 2.26. The van der Waals surface area contributed by atoms with E-state index in [0.717, 1.165) is 5.39 Å². The molecule has 0 saturated carbocycles. The third-order valence-electron chi connectivity index (χ3n) is 3.43. The van der Waals surface area contributed by atoms with Gasteiger partial charge in [-0.15, -0.1) is 4.83 Å². The van der Waals surface area contributed by atoms with Crippen molar-refractivity contribution in [2.45, 2.75) is 4.90 Å². The quantitative estimate of drug-likeness (QED) is 0.614. The number of H-pyrrole nitrogens is 1. The van der Waals surface area contributed by atoms with Crippen molar-refractivity contribution >= 4 is 26.8 Å². The fraction of sp³-hybridized carbons (Fsp3) is 0.0625. The van der Waals surface area contributed by atoms with E-state index in [4.69, 9.17) is 4.74 Å². The van der Waals surface area contributed by atoms with Gasteiger partial charge in [0, 0.05) is 5.39 Å². The first kappa shape index (κ1) is 16.0. The Hall–Kier alpha value is -2.84. The molecule has 3 rings (SSSR count). The molecule has 1 heterocycles. The third-order valence-corrected chi connectivity index (χ3v) is 4.70. The maximum Gasteiger partial charge on any atom is 0.282 e. The molecule has 1 aromatic heterocycles. The summed E-state index contributed by atoms with van der Waals surface area (Å²) in [6.45, 7) is 0. The first-order chi connectivity index (χ1) is 11.5. The molecule has 2 aromatic carbocycles. The average Bonchev–Trinajstić information content (AvgIpc) is 3.05. The van der Waals surface area contributed by atoms with Gasteiger partial charge in [0.25, 0.3) is 15.9 Å². The van der Waals surface area contributed by atoms with Crippen molar-refractivity contribution in [3.8, 4) is 5.75 Å². The van der Waals surface area contributed by atoms with Crippen LogP contribution in [0.25, 0.3) is 10.9 Å². The molecule has 0 aliphatic heterocycles. The van der Waals surface area contributed by atoms with E-state index in [-0.39, 0.29) is 10.6 Å². The number of nitrogens with one attached hydrogen (secondary N) is 3. The minimum absolute atomic E-state index is 0.0589. The standard InChI is InChI=1S/C16H15N3O4S/c1-23-14-9-5-6-11-10-13(17-15(11)14)16(20)18-19-24(21,22)12-7-3-2-4-8-12/h2-10,17,19H,1H3,(H,18,20). The zero-order valence-corrected chi connectivity index (χ0v) is 13.6. The molecule has 0 aliphatic rings. The second-order valence-corrected chi connectivity index (χ2v) is 6.66. The predicted molar refractivity (Wildman–Crippen MR) is 89.1 cm³/mol. The Morgan fingerprint density at radius 3 is 2.54 bits per heavy atom. The van der Waals surface area contributed by atoms with Gasteiger partial charge in [0.05, 0.1) is 17.5 Å². The molecule has 0 saturated heterocycles. The van der Waals surface area contributed by atoms with Crippen molar-refractivity contribution in [1.29, 1.82) is 0 Å². The summed E-state index contributed by atoms with van der Waals surface area (Å²) in [7, 11) is -2.30. The van der Waals surface area contributed by atoms with Crippen molar-refractivity contribution in [2.24, 2.45) is 0 Å². The second-order valence-electron chi connectivity index (χ2n) is 4.98. The van der Waals surface area contributed by atoms with Gasteiger partial charge in [-0.2, -0.15) is 0 Å². The van der Waals surface area contributed by atoms with Crippen LogP contribution in [0.4, 0.5) is 0 Å². The number of sulfonamides is 1. The highest BCUT2D eigenvalue weighted by atomic mass is 32.2. The predicted octanol–water partition coefficient (Wildman–Crippen LogP) is 1.80. The molecule has 8 heteroatoms. The molecule has 0 atom stereocenters. The third kappa shape index (κ3) is 3.10. The van der Waals surface area contributed by atoms with Crippen LogP contribution >= 0.6 is 0 Å². The normalized spacial score (nSPS) is 11.4. The number of benzene rings is 2. The number of hydrazine groups is 1. The molecule has 0 unspecified atom stereocenters. The number of fused-ring (bicyclic) bond motifs is 1. The van der Waals surface area contributed by atoms with Crippen LogP contribution in [0.15, 0.2) is 59.5 Å². The minimum Gasteiger partial charge on any atom is -0.495 e. The highest BCUT2D eigenvalue weighted by Crippen LogP contribution is 2.25. The first-order valence-corrected chi connectivity index (χ1v) is 8.52. The van der Waals surface area contributed by atoms with Gasteiger partial charge in [-0.1, -0.05) is 30.3 Å².